The molecule has 0 fully saturated rings. The normalized spacial score (nSPS) is 10.0. The molecule has 0 saturated carbocycles. The average molecular weight is 323 g/mol. The van der Waals surface area contributed by atoms with E-state index in [2.05, 4.69) is 26.2 Å². The number of nitrogens with zero attached hydrogens (tertiary/aromatic N) is 1. The van der Waals surface area contributed by atoms with Crippen molar-refractivity contribution in [1.82, 2.24) is 4.98 Å². The summed E-state index contributed by atoms with van der Waals surface area (Å²) in [6, 6.07) is 8.67. The molecule has 0 atom stereocenters. The minimum absolute atomic E-state index is 0.0129. The van der Waals surface area contributed by atoms with Crippen LogP contribution in [0.1, 0.15) is 10.5 Å². The van der Waals surface area contributed by atoms with E-state index in [9.17, 15) is 4.79 Å². The standard InChI is InChI=1S/C13H11BrN2O3/c1-19-12-6-8(2-4-10(12)14)16-9-3-5-11(13(17)18)15-7-9/h2-7,16H,1H3,(H,17,18). The number of hydrogen-bond donors (Lipinski definition) is 2. The second-order valence-electron chi connectivity index (χ2n) is 3.71. The predicted molar refractivity (Wildman–Crippen MR) is 75.2 cm³/mol. The Kier molecular flexibility index (Phi) is 4.01. The third kappa shape index (κ3) is 3.23. The number of ether oxygens (including phenoxy) is 1. The van der Waals surface area contributed by atoms with Gasteiger partial charge in [0.15, 0.2) is 0 Å². The minimum Gasteiger partial charge on any atom is -0.495 e. The number of carbonyl (C=O) groups is 1. The largest absolute Gasteiger partial charge is 0.495 e. The summed E-state index contributed by atoms with van der Waals surface area (Å²) in [5, 5.41) is 11.9. The molecule has 0 spiro atoms. The predicted octanol–water partition coefficient (Wildman–Crippen LogP) is 3.29. The fourth-order valence-corrected chi connectivity index (χ4v) is 1.91. The van der Waals surface area contributed by atoms with Gasteiger partial charge in [-0.25, -0.2) is 9.78 Å². The Morgan fingerprint density at radius 1 is 1.32 bits per heavy atom. The highest BCUT2D eigenvalue weighted by Gasteiger charge is 2.05. The van der Waals surface area contributed by atoms with Crippen molar-refractivity contribution >= 4 is 33.3 Å². The van der Waals surface area contributed by atoms with Crippen molar-refractivity contribution in [2.45, 2.75) is 0 Å². The average Bonchev–Trinajstić information content (AvgIpc) is 2.41. The Morgan fingerprint density at radius 3 is 2.63 bits per heavy atom. The lowest BCUT2D eigenvalue weighted by Crippen LogP contribution is -2.00. The Labute approximate surface area is 118 Å². The van der Waals surface area contributed by atoms with Crippen LogP contribution < -0.4 is 10.1 Å². The van der Waals surface area contributed by atoms with Crippen LogP contribution in [0.3, 0.4) is 0 Å². The molecule has 2 rings (SSSR count). The Hall–Kier alpha value is -2.08. The molecule has 0 aliphatic heterocycles. The van der Waals surface area contributed by atoms with Crippen LogP contribution in [0.4, 0.5) is 11.4 Å². The maximum Gasteiger partial charge on any atom is 0.354 e. The van der Waals surface area contributed by atoms with Crippen LogP contribution in [-0.4, -0.2) is 23.2 Å². The molecule has 0 aliphatic rings. The van der Waals surface area contributed by atoms with Crippen molar-refractivity contribution < 1.29 is 14.6 Å². The Balaban J connectivity index is 2.19. The number of aromatic carboxylic acids is 1. The van der Waals surface area contributed by atoms with Gasteiger partial charge >= 0.3 is 5.97 Å². The number of benzene rings is 1. The van der Waals surface area contributed by atoms with E-state index in [1.54, 1.807) is 13.2 Å². The first-order valence-corrected chi connectivity index (χ1v) is 6.19. The Bertz CT molecular complexity index is 599. The summed E-state index contributed by atoms with van der Waals surface area (Å²) in [5.41, 5.74) is 1.54. The fraction of sp³-hybridized carbons (Fsp3) is 0.0769. The first-order chi connectivity index (χ1) is 9.10. The number of nitrogens with one attached hydrogen (secondary N) is 1. The maximum atomic E-state index is 10.7. The molecular weight excluding hydrogens is 312 g/mol. The van der Waals surface area contributed by atoms with Crippen molar-refractivity contribution in [1.29, 1.82) is 0 Å². The van der Waals surface area contributed by atoms with E-state index in [0.717, 1.165) is 10.2 Å². The van der Waals surface area contributed by atoms with Gasteiger partial charge in [0.2, 0.25) is 0 Å². The minimum atomic E-state index is -1.04. The molecule has 1 aromatic carbocycles. The zero-order valence-corrected chi connectivity index (χ0v) is 11.6. The summed E-state index contributed by atoms with van der Waals surface area (Å²) in [6.07, 6.45) is 1.47. The van der Waals surface area contributed by atoms with Gasteiger partial charge in [0.25, 0.3) is 0 Å². The van der Waals surface area contributed by atoms with Crippen LogP contribution >= 0.6 is 15.9 Å². The third-order valence-corrected chi connectivity index (χ3v) is 3.08. The molecule has 6 heteroatoms. The number of aromatic nitrogens is 1. The first-order valence-electron chi connectivity index (χ1n) is 5.40. The number of carboxylic acid groups (broad SMARTS) is 1. The van der Waals surface area contributed by atoms with Crippen molar-refractivity contribution in [3.63, 3.8) is 0 Å². The van der Waals surface area contributed by atoms with Crippen LogP contribution in [0, 0.1) is 0 Å². The zero-order valence-electron chi connectivity index (χ0n) is 10.1. The van der Waals surface area contributed by atoms with Gasteiger partial charge in [-0.15, -0.1) is 0 Å². The maximum absolute atomic E-state index is 10.7. The van der Waals surface area contributed by atoms with Crippen LogP contribution in [0.15, 0.2) is 41.0 Å². The molecule has 0 radical (unpaired) electrons. The molecule has 0 saturated heterocycles. The van der Waals surface area contributed by atoms with Gasteiger partial charge in [0.1, 0.15) is 11.4 Å². The summed E-state index contributed by atoms with van der Waals surface area (Å²) < 4.78 is 6.05. The lowest BCUT2D eigenvalue weighted by molar-refractivity contribution is 0.0690. The Morgan fingerprint density at radius 2 is 2.05 bits per heavy atom. The highest BCUT2D eigenvalue weighted by atomic mass is 79.9. The highest BCUT2D eigenvalue weighted by Crippen LogP contribution is 2.29. The van der Waals surface area contributed by atoms with Gasteiger partial charge in [-0.1, -0.05) is 0 Å². The van der Waals surface area contributed by atoms with Crippen LogP contribution in [-0.2, 0) is 0 Å². The monoisotopic (exact) mass is 322 g/mol. The second kappa shape index (κ2) is 5.71. The first kappa shape index (κ1) is 13.4. The quantitative estimate of drug-likeness (QED) is 0.903. The van der Waals surface area contributed by atoms with E-state index < -0.39 is 5.97 Å². The number of anilines is 2. The molecular formula is C13H11BrN2O3. The molecule has 0 bridgehead atoms. The summed E-state index contributed by atoms with van der Waals surface area (Å²) in [7, 11) is 1.59. The van der Waals surface area contributed by atoms with Gasteiger partial charge in [-0.3, -0.25) is 0 Å². The molecule has 98 valence electrons. The smallest absolute Gasteiger partial charge is 0.354 e. The zero-order chi connectivity index (χ0) is 13.8. The SMILES string of the molecule is COc1cc(Nc2ccc(C(=O)O)nc2)ccc1Br. The number of halogens is 1. The van der Waals surface area contributed by atoms with Gasteiger partial charge < -0.3 is 15.2 Å². The molecule has 5 nitrogen and oxygen atoms in total. The number of hydrogen-bond acceptors (Lipinski definition) is 4. The molecule has 0 unspecified atom stereocenters. The van der Waals surface area contributed by atoms with Crippen molar-refractivity contribution in [3.05, 3.63) is 46.7 Å². The van der Waals surface area contributed by atoms with Crippen LogP contribution in [0.5, 0.6) is 5.75 Å². The summed E-state index contributed by atoms with van der Waals surface area (Å²) in [5.74, 6) is -0.336. The van der Waals surface area contributed by atoms with Gasteiger partial charge in [0.05, 0.1) is 23.5 Å². The van der Waals surface area contributed by atoms with Gasteiger partial charge in [-0.2, -0.15) is 0 Å². The highest BCUT2D eigenvalue weighted by molar-refractivity contribution is 9.10. The summed E-state index contributed by atoms with van der Waals surface area (Å²) in [6.45, 7) is 0. The van der Waals surface area contributed by atoms with Crippen molar-refractivity contribution in [2.24, 2.45) is 0 Å². The van der Waals surface area contributed by atoms with Crippen molar-refractivity contribution in [3.8, 4) is 5.75 Å². The fourth-order valence-electron chi connectivity index (χ4n) is 1.50. The summed E-state index contributed by atoms with van der Waals surface area (Å²) >= 11 is 3.37. The number of rotatable bonds is 4. The van der Waals surface area contributed by atoms with E-state index >= 15 is 0 Å². The molecule has 1 heterocycles. The lowest BCUT2D eigenvalue weighted by Gasteiger charge is -2.09. The molecule has 0 amide bonds. The van der Waals surface area contributed by atoms with E-state index in [0.29, 0.717) is 11.4 Å². The number of pyridine rings is 1. The van der Waals surface area contributed by atoms with E-state index in [1.807, 2.05) is 18.2 Å². The van der Waals surface area contributed by atoms with E-state index in [1.165, 1.54) is 12.3 Å². The molecule has 19 heavy (non-hydrogen) atoms. The van der Waals surface area contributed by atoms with Crippen LogP contribution in [0.2, 0.25) is 0 Å². The van der Waals surface area contributed by atoms with E-state index in [4.69, 9.17) is 9.84 Å². The van der Waals surface area contributed by atoms with Gasteiger partial charge in [0, 0.05) is 11.8 Å². The van der Waals surface area contributed by atoms with E-state index in [-0.39, 0.29) is 5.69 Å². The second-order valence-corrected chi connectivity index (χ2v) is 4.57. The van der Waals surface area contributed by atoms with Crippen LogP contribution in [0.25, 0.3) is 0 Å². The number of carboxylic acids is 1. The number of methoxy groups -OCH3 is 1. The lowest BCUT2D eigenvalue weighted by atomic mass is 10.2. The molecule has 0 aliphatic carbocycles. The molecule has 1 aromatic heterocycles. The molecule has 2 N–H and O–H groups in total. The summed E-state index contributed by atoms with van der Waals surface area (Å²) in [4.78, 5) is 14.5. The van der Waals surface area contributed by atoms with Gasteiger partial charge in [-0.05, 0) is 40.2 Å². The topological polar surface area (TPSA) is 71.5 Å². The molecule has 2 aromatic rings. The third-order valence-electron chi connectivity index (χ3n) is 2.42. The van der Waals surface area contributed by atoms with Crippen molar-refractivity contribution in [2.75, 3.05) is 12.4 Å².